The van der Waals surface area contributed by atoms with Crippen molar-refractivity contribution in [2.45, 2.75) is 45.8 Å². The van der Waals surface area contributed by atoms with Gasteiger partial charge >= 0.3 is 6.09 Å². The molecule has 2 atom stereocenters. The fraction of sp³-hybridized carbons (Fsp3) is 0.591. The van der Waals surface area contributed by atoms with Crippen LogP contribution in [0.25, 0.3) is 5.65 Å². The number of rotatable bonds is 5. The second-order valence-corrected chi connectivity index (χ2v) is 9.93. The van der Waals surface area contributed by atoms with Crippen LogP contribution in [0.3, 0.4) is 0 Å². The predicted molar refractivity (Wildman–Crippen MR) is 111 cm³/mol. The van der Waals surface area contributed by atoms with E-state index >= 15 is 0 Å². The topological polar surface area (TPSA) is 85.2 Å². The van der Waals surface area contributed by atoms with Gasteiger partial charge in [-0.2, -0.15) is 0 Å². The Labute approximate surface area is 176 Å². The third-order valence-corrected chi connectivity index (χ3v) is 5.58. The Kier molecular flexibility index (Phi) is 4.91. The van der Waals surface area contributed by atoms with Gasteiger partial charge in [-0.05, 0) is 58.6 Å². The Morgan fingerprint density at radius 3 is 2.53 bits per heavy atom. The van der Waals surface area contributed by atoms with Gasteiger partial charge in [0, 0.05) is 37.6 Å². The van der Waals surface area contributed by atoms with Gasteiger partial charge in [0.2, 0.25) is 5.91 Å². The third-order valence-electron chi connectivity index (χ3n) is 5.58. The quantitative estimate of drug-likeness (QED) is 0.813. The summed E-state index contributed by atoms with van der Waals surface area (Å²) in [7, 11) is 0. The van der Waals surface area contributed by atoms with E-state index in [2.05, 4.69) is 10.3 Å². The van der Waals surface area contributed by atoms with Crippen molar-refractivity contribution in [3.05, 3.63) is 30.7 Å². The first-order valence-electron chi connectivity index (χ1n) is 10.4. The minimum absolute atomic E-state index is 0.0291. The van der Waals surface area contributed by atoms with E-state index in [1.54, 1.807) is 11.1 Å². The molecule has 0 bridgehead atoms. The molecule has 4 rings (SSSR count). The zero-order valence-corrected chi connectivity index (χ0v) is 18.2. The number of carbonyl (C=O) groups excluding carboxylic acids is 2. The summed E-state index contributed by atoms with van der Waals surface area (Å²) < 4.78 is 13.3. The minimum atomic E-state index is -0.530. The van der Waals surface area contributed by atoms with E-state index < -0.39 is 11.1 Å². The first-order valence-corrected chi connectivity index (χ1v) is 10.4. The molecule has 2 amide bonds. The highest BCUT2D eigenvalue weighted by Crippen LogP contribution is 2.52. The molecule has 1 N–H and O–H groups in total. The number of ether oxygens (including phenoxy) is 2. The summed E-state index contributed by atoms with van der Waals surface area (Å²) in [6.07, 6.45) is 5.20. The van der Waals surface area contributed by atoms with Crippen LogP contribution < -0.4 is 10.1 Å². The summed E-state index contributed by atoms with van der Waals surface area (Å²) in [5.41, 5.74) is -0.289. The lowest BCUT2D eigenvalue weighted by atomic mass is 10.1. The molecular weight excluding hydrogens is 384 g/mol. The van der Waals surface area contributed by atoms with Crippen LogP contribution in [0, 0.1) is 17.8 Å². The summed E-state index contributed by atoms with van der Waals surface area (Å²) in [6, 6.07) is 3.77. The lowest BCUT2D eigenvalue weighted by molar-refractivity contribution is -0.125. The molecule has 1 aliphatic carbocycles. The van der Waals surface area contributed by atoms with Crippen molar-refractivity contribution < 1.29 is 19.1 Å². The molecule has 30 heavy (non-hydrogen) atoms. The van der Waals surface area contributed by atoms with Crippen LogP contribution in [-0.4, -0.2) is 57.1 Å². The first-order chi connectivity index (χ1) is 14.0. The van der Waals surface area contributed by atoms with Gasteiger partial charge in [-0.1, -0.05) is 0 Å². The van der Waals surface area contributed by atoms with E-state index in [4.69, 9.17) is 9.47 Å². The standard InChI is InChI=1S/C22H30N4O4/c1-21(2,3)30-20(28)26-11-14-15(12-26)17(14)19(27)24-22(4,5)13-29-16-7-6-9-25-10-8-23-18(16)25/h6-10,14-15,17H,11-13H2,1-5H3,(H,24,27). The monoisotopic (exact) mass is 414 g/mol. The molecule has 8 heteroatoms. The van der Waals surface area contributed by atoms with Gasteiger partial charge in [0.25, 0.3) is 0 Å². The number of imidazole rings is 1. The lowest BCUT2D eigenvalue weighted by Crippen LogP contribution is -2.49. The summed E-state index contributed by atoms with van der Waals surface area (Å²) in [6.45, 7) is 11.0. The molecule has 1 saturated heterocycles. The van der Waals surface area contributed by atoms with E-state index in [0.29, 0.717) is 25.4 Å². The molecule has 0 aromatic carbocycles. The molecular formula is C22H30N4O4. The summed E-state index contributed by atoms with van der Waals surface area (Å²) >= 11 is 0. The second kappa shape index (κ2) is 7.18. The maximum absolute atomic E-state index is 12.8. The van der Waals surface area contributed by atoms with Crippen molar-refractivity contribution in [1.82, 2.24) is 19.6 Å². The predicted octanol–water partition coefficient (Wildman–Crippen LogP) is 2.72. The molecule has 8 nitrogen and oxygen atoms in total. The van der Waals surface area contributed by atoms with Gasteiger partial charge in [0.1, 0.15) is 12.2 Å². The molecule has 162 valence electrons. The van der Waals surface area contributed by atoms with Crippen LogP contribution >= 0.6 is 0 Å². The average molecular weight is 415 g/mol. The Balaban J connectivity index is 1.28. The number of fused-ring (bicyclic) bond motifs is 2. The Morgan fingerprint density at radius 1 is 1.17 bits per heavy atom. The molecule has 2 aromatic rings. The van der Waals surface area contributed by atoms with Crippen molar-refractivity contribution in [3.8, 4) is 5.75 Å². The molecule has 0 radical (unpaired) electrons. The zero-order chi connectivity index (χ0) is 21.7. The molecule has 2 aliphatic rings. The number of nitrogens with zero attached hydrogens (tertiary/aromatic N) is 3. The number of likely N-dealkylation sites (tertiary alicyclic amines) is 1. The van der Waals surface area contributed by atoms with Gasteiger partial charge in [-0.3, -0.25) is 4.79 Å². The van der Waals surface area contributed by atoms with Crippen LogP contribution in [-0.2, 0) is 9.53 Å². The number of nitrogens with one attached hydrogen (secondary N) is 1. The number of hydrogen-bond donors (Lipinski definition) is 1. The Morgan fingerprint density at radius 2 is 1.87 bits per heavy atom. The fourth-order valence-electron chi connectivity index (χ4n) is 4.14. The maximum atomic E-state index is 12.8. The summed E-state index contributed by atoms with van der Waals surface area (Å²) in [4.78, 5) is 31.0. The van der Waals surface area contributed by atoms with Gasteiger partial charge in [0.05, 0.1) is 5.54 Å². The Bertz CT molecular complexity index is 949. The molecule has 2 aromatic heterocycles. The molecule has 2 fully saturated rings. The molecule has 3 heterocycles. The highest BCUT2D eigenvalue weighted by Gasteiger charge is 2.61. The number of pyridine rings is 1. The van der Waals surface area contributed by atoms with Crippen molar-refractivity contribution in [2.24, 2.45) is 17.8 Å². The van der Waals surface area contributed by atoms with E-state index in [9.17, 15) is 9.59 Å². The second-order valence-electron chi connectivity index (χ2n) is 9.93. The Hall–Kier alpha value is -2.77. The summed E-state index contributed by atoms with van der Waals surface area (Å²) in [5.74, 6) is 1.10. The van der Waals surface area contributed by atoms with Crippen LogP contribution in [0.2, 0.25) is 0 Å². The SMILES string of the molecule is CC(C)(COc1cccn2ccnc12)NC(=O)C1C2CN(C(=O)OC(C)(C)C)CC21. The van der Waals surface area contributed by atoms with Crippen molar-refractivity contribution in [1.29, 1.82) is 0 Å². The highest BCUT2D eigenvalue weighted by atomic mass is 16.6. The lowest BCUT2D eigenvalue weighted by Gasteiger charge is -2.28. The van der Waals surface area contributed by atoms with E-state index in [1.165, 1.54) is 0 Å². The van der Waals surface area contributed by atoms with Gasteiger partial charge < -0.3 is 24.1 Å². The molecule has 1 aliphatic heterocycles. The van der Waals surface area contributed by atoms with Crippen LogP contribution in [0.5, 0.6) is 5.75 Å². The normalized spacial score (nSPS) is 23.2. The zero-order valence-electron chi connectivity index (χ0n) is 18.2. The molecule has 1 saturated carbocycles. The number of hydrogen-bond acceptors (Lipinski definition) is 5. The van der Waals surface area contributed by atoms with Crippen LogP contribution in [0.4, 0.5) is 4.79 Å². The maximum Gasteiger partial charge on any atom is 0.410 e. The largest absolute Gasteiger partial charge is 0.487 e. The third kappa shape index (κ3) is 4.22. The smallest absolute Gasteiger partial charge is 0.410 e. The van der Waals surface area contributed by atoms with Gasteiger partial charge in [0.15, 0.2) is 11.4 Å². The van der Waals surface area contributed by atoms with Crippen LogP contribution in [0.1, 0.15) is 34.6 Å². The summed E-state index contributed by atoms with van der Waals surface area (Å²) in [5, 5.41) is 3.12. The number of aromatic nitrogens is 2. The average Bonchev–Trinajstić information content (AvgIpc) is 2.99. The van der Waals surface area contributed by atoms with Gasteiger partial charge in [-0.25, -0.2) is 9.78 Å². The van der Waals surface area contributed by atoms with Crippen molar-refractivity contribution >= 4 is 17.6 Å². The van der Waals surface area contributed by atoms with E-state index in [0.717, 1.165) is 5.65 Å². The minimum Gasteiger partial charge on any atom is -0.487 e. The van der Waals surface area contributed by atoms with Gasteiger partial charge in [-0.15, -0.1) is 0 Å². The van der Waals surface area contributed by atoms with E-state index in [1.807, 2.05) is 63.5 Å². The van der Waals surface area contributed by atoms with Crippen molar-refractivity contribution in [3.63, 3.8) is 0 Å². The number of amides is 2. The van der Waals surface area contributed by atoms with Crippen molar-refractivity contribution in [2.75, 3.05) is 19.7 Å². The molecule has 0 spiro atoms. The van der Waals surface area contributed by atoms with Crippen LogP contribution in [0.15, 0.2) is 30.7 Å². The first kappa shape index (κ1) is 20.5. The molecule has 2 unspecified atom stereocenters. The highest BCUT2D eigenvalue weighted by molar-refractivity contribution is 5.84. The number of piperidine rings is 1. The fourth-order valence-corrected chi connectivity index (χ4v) is 4.14. The van der Waals surface area contributed by atoms with E-state index in [-0.39, 0.29) is 29.8 Å². The number of carbonyl (C=O) groups is 2.